The van der Waals surface area contributed by atoms with Gasteiger partial charge in [-0.25, -0.2) is 4.98 Å². The predicted octanol–water partition coefficient (Wildman–Crippen LogP) is 3.99. The van der Waals surface area contributed by atoms with Gasteiger partial charge in [-0.3, -0.25) is 0 Å². The highest BCUT2D eigenvalue weighted by atomic mass is 32.1. The molecule has 0 aliphatic carbocycles. The zero-order valence-electron chi connectivity index (χ0n) is 10.7. The van der Waals surface area contributed by atoms with E-state index >= 15 is 0 Å². The van der Waals surface area contributed by atoms with Crippen LogP contribution in [0, 0.1) is 5.92 Å². The largest absolute Gasteiger partial charge is 0.311 e. The van der Waals surface area contributed by atoms with E-state index < -0.39 is 0 Å². The highest BCUT2D eigenvalue weighted by Crippen LogP contribution is 2.29. The van der Waals surface area contributed by atoms with E-state index in [9.17, 15) is 0 Å². The summed E-state index contributed by atoms with van der Waals surface area (Å²) < 4.78 is 1.28. The minimum absolute atomic E-state index is 0.391. The zero-order valence-corrected chi connectivity index (χ0v) is 11.6. The van der Waals surface area contributed by atoms with Gasteiger partial charge in [0.2, 0.25) is 0 Å². The first kappa shape index (κ1) is 12.5. The molecule has 0 aliphatic rings. The fourth-order valence-electron chi connectivity index (χ4n) is 1.95. The normalized spacial score (nSPS) is 15.0. The molecule has 1 N–H and O–H groups in total. The number of hydrogen-bond acceptors (Lipinski definition) is 3. The average molecular weight is 248 g/mol. The number of thiazole rings is 1. The highest BCUT2D eigenvalue weighted by molar-refractivity contribution is 7.18. The lowest BCUT2D eigenvalue weighted by Crippen LogP contribution is -2.18. The first-order valence-electron chi connectivity index (χ1n) is 6.27. The zero-order chi connectivity index (χ0) is 12.3. The molecule has 0 saturated heterocycles. The van der Waals surface area contributed by atoms with Gasteiger partial charge in [-0.2, -0.15) is 0 Å². The lowest BCUT2D eigenvalue weighted by Gasteiger charge is -2.17. The van der Waals surface area contributed by atoms with Crippen LogP contribution in [0.15, 0.2) is 24.3 Å². The van der Waals surface area contributed by atoms with Gasteiger partial charge in [-0.05, 0) is 31.5 Å². The minimum atomic E-state index is 0.391. The summed E-state index contributed by atoms with van der Waals surface area (Å²) in [4.78, 5) is 4.73. The molecule has 0 aliphatic heterocycles. The van der Waals surface area contributed by atoms with Crippen LogP contribution in [0.5, 0.6) is 0 Å². The molecular formula is C14H20N2S. The van der Waals surface area contributed by atoms with Crippen LogP contribution in [-0.2, 0) is 0 Å². The summed E-state index contributed by atoms with van der Waals surface area (Å²) in [5.41, 5.74) is 1.12. The maximum Gasteiger partial charge on any atom is 0.111 e. The van der Waals surface area contributed by atoms with Crippen molar-refractivity contribution in [1.82, 2.24) is 10.3 Å². The third-order valence-electron chi connectivity index (χ3n) is 3.29. The molecule has 17 heavy (non-hydrogen) atoms. The Morgan fingerprint density at radius 1 is 1.35 bits per heavy atom. The maximum atomic E-state index is 4.73. The number of nitrogens with one attached hydrogen (secondary N) is 1. The molecule has 0 spiro atoms. The van der Waals surface area contributed by atoms with E-state index in [1.807, 2.05) is 18.4 Å². The summed E-state index contributed by atoms with van der Waals surface area (Å²) in [6, 6.07) is 8.75. The number of para-hydroxylation sites is 1. The lowest BCUT2D eigenvalue weighted by atomic mass is 10.00. The SMILES string of the molecule is CCC(C)CC(NC)c1nc2ccccc2s1. The van der Waals surface area contributed by atoms with E-state index in [4.69, 9.17) is 4.98 Å². The molecule has 0 saturated carbocycles. The van der Waals surface area contributed by atoms with Crippen molar-refractivity contribution in [1.29, 1.82) is 0 Å². The molecule has 0 amide bonds. The van der Waals surface area contributed by atoms with Crippen LogP contribution in [0.2, 0.25) is 0 Å². The highest BCUT2D eigenvalue weighted by Gasteiger charge is 2.16. The van der Waals surface area contributed by atoms with Gasteiger partial charge in [0.05, 0.1) is 16.3 Å². The van der Waals surface area contributed by atoms with Crippen LogP contribution in [-0.4, -0.2) is 12.0 Å². The fourth-order valence-corrected chi connectivity index (χ4v) is 3.04. The maximum absolute atomic E-state index is 4.73. The second-order valence-corrected chi connectivity index (χ2v) is 5.67. The molecule has 2 atom stereocenters. The standard InChI is InChI=1S/C14H20N2S/c1-4-10(2)9-12(15-3)14-16-11-7-5-6-8-13(11)17-14/h5-8,10,12,15H,4,9H2,1-3H3. The van der Waals surface area contributed by atoms with Gasteiger partial charge in [0.25, 0.3) is 0 Å². The number of hydrogen-bond donors (Lipinski definition) is 1. The monoisotopic (exact) mass is 248 g/mol. The molecule has 1 aromatic carbocycles. The van der Waals surface area contributed by atoms with Crippen molar-refractivity contribution in [2.45, 2.75) is 32.7 Å². The molecule has 0 fully saturated rings. The number of benzene rings is 1. The Bertz CT molecular complexity index is 445. The van der Waals surface area contributed by atoms with E-state index in [0.29, 0.717) is 6.04 Å². The fraction of sp³-hybridized carbons (Fsp3) is 0.500. The topological polar surface area (TPSA) is 24.9 Å². The van der Waals surface area contributed by atoms with Crippen molar-refractivity contribution >= 4 is 21.6 Å². The van der Waals surface area contributed by atoms with Crippen molar-refractivity contribution in [2.24, 2.45) is 5.92 Å². The third-order valence-corrected chi connectivity index (χ3v) is 4.44. The summed E-state index contributed by atoms with van der Waals surface area (Å²) >= 11 is 1.81. The second kappa shape index (κ2) is 5.61. The van der Waals surface area contributed by atoms with Crippen LogP contribution in [0.1, 0.15) is 37.7 Å². The molecule has 1 heterocycles. The summed E-state index contributed by atoms with van der Waals surface area (Å²) in [7, 11) is 2.03. The van der Waals surface area contributed by atoms with Gasteiger partial charge < -0.3 is 5.32 Å². The molecule has 2 nitrogen and oxygen atoms in total. The Kier molecular flexibility index (Phi) is 4.13. The van der Waals surface area contributed by atoms with E-state index in [-0.39, 0.29) is 0 Å². The smallest absolute Gasteiger partial charge is 0.111 e. The average Bonchev–Trinajstić information content (AvgIpc) is 2.78. The molecule has 2 unspecified atom stereocenters. The summed E-state index contributed by atoms with van der Waals surface area (Å²) in [5, 5.41) is 4.61. The van der Waals surface area contributed by atoms with Crippen molar-refractivity contribution in [2.75, 3.05) is 7.05 Å². The van der Waals surface area contributed by atoms with Crippen LogP contribution in [0.25, 0.3) is 10.2 Å². The number of rotatable bonds is 5. The van der Waals surface area contributed by atoms with Crippen LogP contribution in [0.3, 0.4) is 0 Å². The summed E-state index contributed by atoms with van der Waals surface area (Å²) in [6.45, 7) is 4.55. The Morgan fingerprint density at radius 3 is 2.76 bits per heavy atom. The van der Waals surface area contributed by atoms with E-state index in [1.165, 1.54) is 16.1 Å². The van der Waals surface area contributed by atoms with Crippen molar-refractivity contribution in [3.8, 4) is 0 Å². The van der Waals surface area contributed by atoms with Gasteiger partial charge in [-0.15, -0.1) is 11.3 Å². The number of aromatic nitrogens is 1. The molecular weight excluding hydrogens is 228 g/mol. The molecule has 0 bridgehead atoms. The van der Waals surface area contributed by atoms with Crippen molar-refractivity contribution in [3.63, 3.8) is 0 Å². The third kappa shape index (κ3) is 2.85. The Labute approximate surface area is 107 Å². The minimum Gasteiger partial charge on any atom is -0.311 e. The van der Waals surface area contributed by atoms with Gasteiger partial charge in [0, 0.05) is 0 Å². The van der Waals surface area contributed by atoms with Crippen LogP contribution in [0.4, 0.5) is 0 Å². The van der Waals surface area contributed by atoms with Crippen LogP contribution < -0.4 is 5.32 Å². The lowest BCUT2D eigenvalue weighted by molar-refractivity contribution is 0.421. The predicted molar refractivity (Wildman–Crippen MR) is 75.5 cm³/mol. The van der Waals surface area contributed by atoms with Crippen LogP contribution >= 0.6 is 11.3 Å². The molecule has 3 heteroatoms. The molecule has 92 valence electrons. The van der Waals surface area contributed by atoms with Gasteiger partial charge in [-0.1, -0.05) is 32.4 Å². The summed E-state index contributed by atoms with van der Waals surface area (Å²) in [5.74, 6) is 0.736. The summed E-state index contributed by atoms with van der Waals surface area (Å²) in [6.07, 6.45) is 2.38. The Morgan fingerprint density at radius 2 is 2.12 bits per heavy atom. The Hall–Kier alpha value is -0.930. The van der Waals surface area contributed by atoms with Crippen molar-refractivity contribution in [3.05, 3.63) is 29.3 Å². The van der Waals surface area contributed by atoms with E-state index in [1.54, 1.807) is 0 Å². The van der Waals surface area contributed by atoms with Crippen molar-refractivity contribution < 1.29 is 0 Å². The van der Waals surface area contributed by atoms with Gasteiger partial charge in [0.15, 0.2) is 0 Å². The first-order valence-corrected chi connectivity index (χ1v) is 7.09. The Balaban J connectivity index is 2.24. The molecule has 2 aromatic rings. The number of nitrogens with zero attached hydrogens (tertiary/aromatic N) is 1. The van der Waals surface area contributed by atoms with E-state index in [2.05, 4.69) is 43.4 Å². The molecule has 2 rings (SSSR count). The van der Waals surface area contributed by atoms with Gasteiger partial charge in [0.1, 0.15) is 5.01 Å². The first-order chi connectivity index (χ1) is 8.24. The second-order valence-electron chi connectivity index (χ2n) is 4.61. The number of fused-ring (bicyclic) bond motifs is 1. The molecule has 0 radical (unpaired) electrons. The van der Waals surface area contributed by atoms with E-state index in [0.717, 1.165) is 17.9 Å². The molecule has 1 aromatic heterocycles. The van der Waals surface area contributed by atoms with Gasteiger partial charge >= 0.3 is 0 Å². The quantitative estimate of drug-likeness (QED) is 0.865.